The van der Waals surface area contributed by atoms with Gasteiger partial charge >= 0.3 is 0 Å². The normalized spacial score (nSPS) is 10.9. The lowest BCUT2D eigenvalue weighted by atomic mass is 10.1. The third kappa shape index (κ3) is 4.26. The topological polar surface area (TPSA) is 54.9 Å². The number of aromatic nitrogens is 2. The Morgan fingerprint density at radius 3 is 2.86 bits per heavy atom. The van der Waals surface area contributed by atoms with Gasteiger partial charge in [-0.1, -0.05) is 48.0 Å². The summed E-state index contributed by atoms with van der Waals surface area (Å²) in [6, 6.07) is 18.4. The number of nitrogens with zero attached hydrogens (tertiary/aromatic N) is 2. The maximum atomic E-state index is 12.3. The first-order valence-corrected chi connectivity index (χ1v) is 10.2. The molecule has 0 spiro atoms. The molecule has 0 fully saturated rings. The minimum absolute atomic E-state index is 0.00529. The van der Waals surface area contributed by atoms with Crippen molar-refractivity contribution in [3.8, 4) is 10.6 Å². The van der Waals surface area contributed by atoms with Crippen LogP contribution in [-0.4, -0.2) is 22.4 Å². The molecule has 0 unspecified atom stereocenters. The maximum absolute atomic E-state index is 12.3. The molecule has 0 radical (unpaired) electrons. The van der Waals surface area contributed by atoms with Crippen LogP contribution in [0.25, 0.3) is 21.5 Å². The number of para-hydroxylation sites is 1. The van der Waals surface area contributed by atoms with Gasteiger partial charge in [0.2, 0.25) is 5.91 Å². The van der Waals surface area contributed by atoms with E-state index < -0.39 is 0 Å². The SMILES string of the molecule is Cc1cccc(-c2nc(CC(=O)NCCc3cccc4cccnc34)cs2)c1. The standard InChI is InChI=1S/C23H21N3OS/c1-16-5-2-8-19(13-16)23-26-20(15-28-23)14-21(27)24-12-10-18-7-3-6-17-9-4-11-25-22(17)18/h2-9,11,13,15H,10,12,14H2,1H3,(H,24,27). The maximum Gasteiger partial charge on any atom is 0.226 e. The van der Waals surface area contributed by atoms with Gasteiger partial charge in [0.05, 0.1) is 17.6 Å². The minimum Gasteiger partial charge on any atom is -0.355 e. The average molecular weight is 388 g/mol. The number of carbonyl (C=O) groups excluding carboxylic acids is 1. The fourth-order valence-electron chi connectivity index (χ4n) is 3.23. The Morgan fingerprint density at radius 1 is 1.11 bits per heavy atom. The second kappa shape index (κ2) is 8.31. The molecule has 1 amide bonds. The fraction of sp³-hybridized carbons (Fsp3) is 0.174. The van der Waals surface area contributed by atoms with Crippen LogP contribution in [0.15, 0.2) is 66.2 Å². The van der Waals surface area contributed by atoms with Crippen molar-refractivity contribution in [2.75, 3.05) is 6.54 Å². The summed E-state index contributed by atoms with van der Waals surface area (Å²) >= 11 is 1.58. The number of hydrogen-bond acceptors (Lipinski definition) is 4. The van der Waals surface area contributed by atoms with Gasteiger partial charge in [-0.25, -0.2) is 4.98 Å². The highest BCUT2D eigenvalue weighted by atomic mass is 32.1. The van der Waals surface area contributed by atoms with Crippen molar-refractivity contribution >= 4 is 28.1 Å². The molecule has 0 saturated heterocycles. The molecule has 140 valence electrons. The van der Waals surface area contributed by atoms with Gasteiger partial charge in [0, 0.05) is 29.1 Å². The van der Waals surface area contributed by atoms with Crippen molar-refractivity contribution < 1.29 is 4.79 Å². The quantitative estimate of drug-likeness (QED) is 0.527. The molecule has 2 heterocycles. The minimum atomic E-state index is -0.00529. The van der Waals surface area contributed by atoms with Gasteiger partial charge in [0.15, 0.2) is 0 Å². The first-order chi connectivity index (χ1) is 13.7. The molecule has 2 aromatic carbocycles. The van der Waals surface area contributed by atoms with Crippen molar-refractivity contribution in [3.63, 3.8) is 0 Å². The summed E-state index contributed by atoms with van der Waals surface area (Å²) in [5.41, 5.74) is 5.26. The van der Waals surface area contributed by atoms with Crippen LogP contribution in [0.2, 0.25) is 0 Å². The van der Waals surface area contributed by atoms with Gasteiger partial charge in [-0.2, -0.15) is 0 Å². The van der Waals surface area contributed by atoms with Crippen LogP contribution in [0.5, 0.6) is 0 Å². The number of fused-ring (bicyclic) bond motifs is 1. The van der Waals surface area contributed by atoms with E-state index in [9.17, 15) is 4.79 Å². The van der Waals surface area contributed by atoms with Crippen LogP contribution >= 0.6 is 11.3 Å². The second-order valence-electron chi connectivity index (χ2n) is 6.78. The summed E-state index contributed by atoms with van der Waals surface area (Å²) in [5, 5.41) is 7.04. The van der Waals surface area contributed by atoms with E-state index in [0.29, 0.717) is 13.0 Å². The first kappa shape index (κ1) is 18.3. The summed E-state index contributed by atoms with van der Waals surface area (Å²) in [6.07, 6.45) is 2.86. The van der Waals surface area contributed by atoms with Crippen LogP contribution in [0.4, 0.5) is 0 Å². The number of pyridine rings is 1. The summed E-state index contributed by atoms with van der Waals surface area (Å²) < 4.78 is 0. The van der Waals surface area contributed by atoms with Crippen molar-refractivity contribution in [1.82, 2.24) is 15.3 Å². The van der Waals surface area contributed by atoms with Crippen molar-refractivity contribution in [2.45, 2.75) is 19.8 Å². The number of amides is 1. The molecule has 5 heteroatoms. The molecule has 0 atom stereocenters. The fourth-order valence-corrected chi connectivity index (χ4v) is 4.05. The van der Waals surface area contributed by atoms with Crippen LogP contribution in [0.1, 0.15) is 16.8 Å². The van der Waals surface area contributed by atoms with Gasteiger partial charge in [-0.3, -0.25) is 9.78 Å². The molecule has 28 heavy (non-hydrogen) atoms. The van der Waals surface area contributed by atoms with Gasteiger partial charge in [0.1, 0.15) is 5.01 Å². The van der Waals surface area contributed by atoms with E-state index in [0.717, 1.165) is 39.2 Å². The molecule has 1 N–H and O–H groups in total. The van der Waals surface area contributed by atoms with Crippen molar-refractivity contribution in [1.29, 1.82) is 0 Å². The highest BCUT2D eigenvalue weighted by molar-refractivity contribution is 7.13. The number of rotatable bonds is 6. The van der Waals surface area contributed by atoms with Gasteiger partial charge < -0.3 is 5.32 Å². The first-order valence-electron chi connectivity index (χ1n) is 9.30. The predicted octanol–water partition coefficient (Wildman–Crippen LogP) is 4.57. The van der Waals surface area contributed by atoms with Gasteiger partial charge in [0.25, 0.3) is 0 Å². The number of hydrogen-bond donors (Lipinski definition) is 1. The van der Waals surface area contributed by atoms with Crippen LogP contribution in [-0.2, 0) is 17.6 Å². The lowest BCUT2D eigenvalue weighted by molar-refractivity contribution is -0.120. The predicted molar refractivity (Wildman–Crippen MR) is 114 cm³/mol. The Hall–Kier alpha value is -3.05. The van der Waals surface area contributed by atoms with E-state index in [2.05, 4.69) is 52.5 Å². The number of benzene rings is 2. The average Bonchev–Trinajstić information content (AvgIpc) is 3.17. The highest BCUT2D eigenvalue weighted by Gasteiger charge is 2.09. The Balaban J connectivity index is 1.34. The summed E-state index contributed by atoms with van der Waals surface area (Å²) in [4.78, 5) is 21.4. The number of carbonyl (C=O) groups is 1. The van der Waals surface area contributed by atoms with Crippen LogP contribution < -0.4 is 5.32 Å². The van der Waals surface area contributed by atoms with E-state index in [1.165, 1.54) is 5.56 Å². The molecule has 4 nitrogen and oxygen atoms in total. The summed E-state index contributed by atoms with van der Waals surface area (Å²) in [7, 11) is 0. The van der Waals surface area contributed by atoms with E-state index in [1.54, 1.807) is 17.5 Å². The second-order valence-corrected chi connectivity index (χ2v) is 7.64. The van der Waals surface area contributed by atoms with Crippen LogP contribution in [0, 0.1) is 6.92 Å². The molecule has 0 bridgehead atoms. The zero-order chi connectivity index (χ0) is 19.3. The molecular weight excluding hydrogens is 366 g/mol. The molecule has 2 aromatic heterocycles. The molecule has 4 rings (SSSR count). The molecule has 0 saturated carbocycles. The van der Waals surface area contributed by atoms with E-state index >= 15 is 0 Å². The number of nitrogens with one attached hydrogen (secondary N) is 1. The molecule has 4 aromatic rings. The Kier molecular flexibility index (Phi) is 5.44. The number of aryl methyl sites for hydroxylation is 1. The smallest absolute Gasteiger partial charge is 0.226 e. The third-order valence-corrected chi connectivity index (χ3v) is 5.53. The number of thiazole rings is 1. The zero-order valence-electron chi connectivity index (χ0n) is 15.7. The Bertz CT molecular complexity index is 1110. The molecular formula is C23H21N3OS. The van der Waals surface area contributed by atoms with Gasteiger partial charge in [-0.05, 0) is 31.0 Å². The van der Waals surface area contributed by atoms with Gasteiger partial charge in [-0.15, -0.1) is 11.3 Å². The monoisotopic (exact) mass is 387 g/mol. The van der Waals surface area contributed by atoms with E-state index in [-0.39, 0.29) is 5.91 Å². The highest BCUT2D eigenvalue weighted by Crippen LogP contribution is 2.24. The largest absolute Gasteiger partial charge is 0.355 e. The molecule has 0 aliphatic heterocycles. The third-order valence-electron chi connectivity index (χ3n) is 4.59. The van der Waals surface area contributed by atoms with Crippen molar-refractivity contribution in [2.24, 2.45) is 0 Å². The van der Waals surface area contributed by atoms with E-state index in [1.807, 2.05) is 29.6 Å². The lowest BCUT2D eigenvalue weighted by Crippen LogP contribution is -2.27. The Morgan fingerprint density at radius 2 is 1.96 bits per heavy atom. The molecule has 0 aliphatic rings. The van der Waals surface area contributed by atoms with E-state index in [4.69, 9.17) is 0 Å². The summed E-state index contributed by atoms with van der Waals surface area (Å²) in [6.45, 7) is 2.65. The lowest BCUT2D eigenvalue weighted by Gasteiger charge is -2.07. The van der Waals surface area contributed by atoms with Crippen molar-refractivity contribution in [3.05, 3.63) is 83.0 Å². The zero-order valence-corrected chi connectivity index (χ0v) is 16.5. The Labute approximate surface area is 168 Å². The summed E-state index contributed by atoms with van der Waals surface area (Å²) in [5.74, 6) is -0.00529. The molecule has 0 aliphatic carbocycles. The van der Waals surface area contributed by atoms with Crippen LogP contribution in [0.3, 0.4) is 0 Å².